The van der Waals surface area contributed by atoms with Gasteiger partial charge in [-0.3, -0.25) is 0 Å². The quantitative estimate of drug-likeness (QED) is 0.878. The Balaban J connectivity index is 2.20. The molecular formula is C15H23N3. The third kappa shape index (κ3) is 2.51. The highest BCUT2D eigenvalue weighted by molar-refractivity contribution is 5.93. The monoisotopic (exact) mass is 245 g/mol. The van der Waals surface area contributed by atoms with E-state index in [9.17, 15) is 0 Å². The minimum atomic E-state index is 0.586. The first-order valence-corrected chi connectivity index (χ1v) is 6.58. The van der Waals surface area contributed by atoms with Gasteiger partial charge >= 0.3 is 0 Å². The molecule has 0 amide bonds. The summed E-state index contributed by atoms with van der Waals surface area (Å²) in [4.78, 5) is 2.33. The zero-order chi connectivity index (χ0) is 13.1. The lowest BCUT2D eigenvalue weighted by molar-refractivity contribution is 0.545. The van der Waals surface area contributed by atoms with Crippen molar-refractivity contribution in [2.45, 2.75) is 13.3 Å². The van der Waals surface area contributed by atoms with E-state index in [-0.39, 0.29) is 0 Å². The smallest absolute Gasteiger partial charge is 0.0623 e. The van der Waals surface area contributed by atoms with Crippen LogP contribution in [0.1, 0.15) is 13.3 Å². The molecule has 3 nitrogen and oxygen atoms in total. The van der Waals surface area contributed by atoms with E-state index in [0.29, 0.717) is 5.92 Å². The molecule has 1 heterocycles. The van der Waals surface area contributed by atoms with E-state index < -0.39 is 0 Å². The van der Waals surface area contributed by atoms with Crippen LogP contribution in [0, 0.1) is 5.92 Å². The highest BCUT2D eigenvalue weighted by atomic mass is 15.1. The average Bonchev–Trinajstić information content (AvgIpc) is 2.74. The molecule has 0 aliphatic heterocycles. The standard InChI is InChI=1S/C15H23N3/c1-12(10-16)8-9-17(2)15-11-18(3)14-7-5-4-6-13(14)15/h4-7,11-12H,8-10,16H2,1-3H3. The number of fused-ring (bicyclic) bond motifs is 1. The maximum absolute atomic E-state index is 5.67. The number of anilines is 1. The second-order valence-corrected chi connectivity index (χ2v) is 5.19. The highest BCUT2D eigenvalue weighted by Gasteiger charge is 2.10. The third-order valence-electron chi connectivity index (χ3n) is 3.65. The topological polar surface area (TPSA) is 34.2 Å². The molecule has 1 aromatic heterocycles. The number of para-hydroxylation sites is 1. The van der Waals surface area contributed by atoms with E-state index in [1.807, 2.05) is 0 Å². The van der Waals surface area contributed by atoms with Crippen LogP contribution in [0.5, 0.6) is 0 Å². The van der Waals surface area contributed by atoms with Gasteiger partial charge in [-0.1, -0.05) is 25.1 Å². The zero-order valence-corrected chi connectivity index (χ0v) is 11.6. The largest absolute Gasteiger partial charge is 0.373 e. The Labute approximate surface area is 109 Å². The first kappa shape index (κ1) is 13.0. The summed E-state index contributed by atoms with van der Waals surface area (Å²) in [5.41, 5.74) is 8.26. The summed E-state index contributed by atoms with van der Waals surface area (Å²) in [5.74, 6) is 0.586. The number of nitrogens with two attached hydrogens (primary N) is 1. The summed E-state index contributed by atoms with van der Waals surface area (Å²) in [7, 11) is 4.26. The van der Waals surface area contributed by atoms with Gasteiger partial charge < -0.3 is 15.2 Å². The molecule has 1 aromatic carbocycles. The van der Waals surface area contributed by atoms with Gasteiger partial charge in [0.1, 0.15) is 0 Å². The van der Waals surface area contributed by atoms with Crippen LogP contribution in [0.4, 0.5) is 5.69 Å². The van der Waals surface area contributed by atoms with Gasteiger partial charge in [-0.15, -0.1) is 0 Å². The number of aryl methyl sites for hydroxylation is 1. The predicted molar refractivity (Wildman–Crippen MR) is 79.0 cm³/mol. The fourth-order valence-electron chi connectivity index (χ4n) is 2.28. The SMILES string of the molecule is CC(CN)CCN(C)c1cn(C)c2ccccc12. The molecule has 0 aliphatic carbocycles. The van der Waals surface area contributed by atoms with E-state index in [1.165, 1.54) is 16.6 Å². The van der Waals surface area contributed by atoms with Crippen LogP contribution in [-0.2, 0) is 7.05 Å². The maximum Gasteiger partial charge on any atom is 0.0623 e. The predicted octanol–water partition coefficient (Wildman–Crippen LogP) is 2.60. The van der Waals surface area contributed by atoms with E-state index in [1.54, 1.807) is 0 Å². The van der Waals surface area contributed by atoms with Crippen LogP contribution < -0.4 is 10.6 Å². The molecule has 18 heavy (non-hydrogen) atoms. The van der Waals surface area contributed by atoms with E-state index >= 15 is 0 Å². The lowest BCUT2D eigenvalue weighted by Crippen LogP contribution is -2.22. The Bertz CT molecular complexity index is 515. The molecule has 0 spiro atoms. The van der Waals surface area contributed by atoms with Gasteiger partial charge in [-0.2, -0.15) is 0 Å². The molecule has 0 saturated heterocycles. The van der Waals surface area contributed by atoms with Gasteiger partial charge in [0.15, 0.2) is 0 Å². The van der Waals surface area contributed by atoms with Crippen molar-refractivity contribution < 1.29 is 0 Å². The molecule has 0 radical (unpaired) electrons. The van der Waals surface area contributed by atoms with Crippen molar-refractivity contribution >= 4 is 16.6 Å². The first-order chi connectivity index (χ1) is 8.63. The summed E-state index contributed by atoms with van der Waals surface area (Å²) in [6.07, 6.45) is 3.34. The Morgan fingerprint density at radius 2 is 2.06 bits per heavy atom. The first-order valence-electron chi connectivity index (χ1n) is 6.58. The van der Waals surface area contributed by atoms with Gasteiger partial charge in [-0.05, 0) is 24.9 Å². The van der Waals surface area contributed by atoms with E-state index in [4.69, 9.17) is 5.73 Å². The minimum Gasteiger partial charge on any atom is -0.373 e. The Morgan fingerprint density at radius 1 is 1.33 bits per heavy atom. The van der Waals surface area contributed by atoms with Crippen molar-refractivity contribution in [2.75, 3.05) is 25.0 Å². The van der Waals surface area contributed by atoms with Crippen molar-refractivity contribution in [1.29, 1.82) is 0 Å². The lowest BCUT2D eigenvalue weighted by atomic mass is 10.1. The van der Waals surface area contributed by atoms with Gasteiger partial charge in [0.05, 0.1) is 5.69 Å². The number of aromatic nitrogens is 1. The summed E-state index contributed by atoms with van der Waals surface area (Å²) >= 11 is 0. The normalized spacial score (nSPS) is 12.9. The van der Waals surface area contributed by atoms with Crippen molar-refractivity contribution in [3.63, 3.8) is 0 Å². The summed E-state index contributed by atoms with van der Waals surface area (Å²) < 4.78 is 2.19. The molecule has 1 unspecified atom stereocenters. The number of rotatable bonds is 5. The Morgan fingerprint density at radius 3 is 2.78 bits per heavy atom. The van der Waals surface area contributed by atoms with Crippen LogP contribution in [0.15, 0.2) is 30.5 Å². The van der Waals surface area contributed by atoms with Gasteiger partial charge in [-0.25, -0.2) is 0 Å². The Kier molecular flexibility index (Phi) is 3.92. The molecule has 2 N–H and O–H groups in total. The molecule has 98 valence electrons. The van der Waals surface area contributed by atoms with Crippen molar-refractivity contribution in [3.05, 3.63) is 30.5 Å². The number of hydrogen-bond acceptors (Lipinski definition) is 2. The highest BCUT2D eigenvalue weighted by Crippen LogP contribution is 2.27. The summed E-state index contributed by atoms with van der Waals surface area (Å²) in [6, 6.07) is 8.54. The maximum atomic E-state index is 5.67. The molecule has 3 heteroatoms. The van der Waals surface area contributed by atoms with Gasteiger partial charge in [0.2, 0.25) is 0 Å². The van der Waals surface area contributed by atoms with E-state index in [0.717, 1.165) is 19.5 Å². The Hall–Kier alpha value is -1.48. The van der Waals surface area contributed by atoms with Gasteiger partial charge in [0.25, 0.3) is 0 Å². The van der Waals surface area contributed by atoms with Crippen LogP contribution in [0.25, 0.3) is 10.9 Å². The molecular weight excluding hydrogens is 222 g/mol. The lowest BCUT2D eigenvalue weighted by Gasteiger charge is -2.20. The molecule has 1 atom stereocenters. The van der Waals surface area contributed by atoms with Crippen molar-refractivity contribution in [3.8, 4) is 0 Å². The average molecular weight is 245 g/mol. The van der Waals surface area contributed by atoms with Crippen LogP contribution >= 0.6 is 0 Å². The number of nitrogens with zero attached hydrogens (tertiary/aromatic N) is 2. The van der Waals surface area contributed by atoms with Crippen molar-refractivity contribution in [1.82, 2.24) is 4.57 Å². The number of hydrogen-bond donors (Lipinski definition) is 1. The minimum absolute atomic E-state index is 0.586. The van der Waals surface area contributed by atoms with E-state index in [2.05, 4.69) is 60.9 Å². The molecule has 2 aromatic rings. The molecule has 0 saturated carbocycles. The molecule has 2 rings (SSSR count). The zero-order valence-electron chi connectivity index (χ0n) is 11.6. The van der Waals surface area contributed by atoms with Crippen LogP contribution in [-0.4, -0.2) is 24.7 Å². The summed E-state index contributed by atoms with van der Waals surface area (Å²) in [5, 5.41) is 1.32. The van der Waals surface area contributed by atoms with Crippen LogP contribution in [0.2, 0.25) is 0 Å². The second-order valence-electron chi connectivity index (χ2n) is 5.19. The van der Waals surface area contributed by atoms with Crippen molar-refractivity contribution in [2.24, 2.45) is 18.7 Å². The molecule has 0 fully saturated rings. The fourth-order valence-corrected chi connectivity index (χ4v) is 2.28. The summed E-state index contributed by atoms with van der Waals surface area (Å²) in [6.45, 7) is 4.02. The fraction of sp³-hybridized carbons (Fsp3) is 0.467. The second kappa shape index (κ2) is 5.44. The molecule has 0 bridgehead atoms. The van der Waals surface area contributed by atoms with Gasteiger partial charge in [0, 0.05) is 37.7 Å². The van der Waals surface area contributed by atoms with Crippen LogP contribution in [0.3, 0.4) is 0 Å². The molecule has 0 aliphatic rings. The number of benzene rings is 1. The third-order valence-corrected chi connectivity index (χ3v) is 3.65.